The van der Waals surface area contributed by atoms with Crippen LogP contribution in [0.5, 0.6) is 5.75 Å². The van der Waals surface area contributed by atoms with Crippen LogP contribution in [0, 0.1) is 11.6 Å². The first-order valence-corrected chi connectivity index (χ1v) is 6.79. The Hall–Kier alpha value is -2.01. The molecule has 2 aromatic rings. The Morgan fingerprint density at radius 2 is 1.86 bits per heavy atom. The molecule has 0 radical (unpaired) electrons. The summed E-state index contributed by atoms with van der Waals surface area (Å²) in [5.74, 6) is -1.17. The van der Waals surface area contributed by atoms with Crippen molar-refractivity contribution in [1.82, 2.24) is 10.3 Å². The average molecular weight is 292 g/mol. The lowest BCUT2D eigenvalue weighted by Crippen LogP contribution is -2.21. The molecule has 2 rings (SSSR count). The van der Waals surface area contributed by atoms with Crippen LogP contribution in [0.3, 0.4) is 0 Å². The second-order valence-corrected chi connectivity index (χ2v) is 5.09. The fourth-order valence-electron chi connectivity index (χ4n) is 1.74. The first-order chi connectivity index (χ1) is 10.0. The van der Waals surface area contributed by atoms with E-state index in [4.69, 9.17) is 4.74 Å². The second kappa shape index (κ2) is 7.13. The fraction of sp³-hybridized carbons (Fsp3) is 0.312. The predicted molar refractivity (Wildman–Crippen MR) is 76.9 cm³/mol. The van der Waals surface area contributed by atoms with E-state index in [0.717, 1.165) is 30.3 Å². The smallest absolute Gasteiger partial charge is 0.130 e. The maximum Gasteiger partial charge on any atom is 0.130 e. The lowest BCUT2D eigenvalue weighted by atomic mass is 10.2. The van der Waals surface area contributed by atoms with Gasteiger partial charge in [0.05, 0.1) is 5.69 Å². The Kier molecular flexibility index (Phi) is 5.22. The summed E-state index contributed by atoms with van der Waals surface area (Å²) in [6, 6.07) is 7.30. The van der Waals surface area contributed by atoms with Gasteiger partial charge in [0.25, 0.3) is 0 Å². The van der Waals surface area contributed by atoms with Crippen LogP contribution in [-0.4, -0.2) is 11.0 Å². The molecule has 5 heteroatoms. The fourth-order valence-corrected chi connectivity index (χ4v) is 1.74. The number of rotatable bonds is 6. The molecular weight excluding hydrogens is 274 g/mol. The summed E-state index contributed by atoms with van der Waals surface area (Å²) in [4.78, 5) is 4.26. The SMILES string of the molecule is CC(C)NCc1ccc(COc2cc(F)cc(F)c2)nc1. The zero-order valence-corrected chi connectivity index (χ0v) is 12.1. The van der Waals surface area contributed by atoms with Crippen molar-refractivity contribution in [3.8, 4) is 5.75 Å². The van der Waals surface area contributed by atoms with E-state index in [9.17, 15) is 8.78 Å². The minimum absolute atomic E-state index is 0.153. The van der Waals surface area contributed by atoms with Crippen molar-refractivity contribution >= 4 is 0 Å². The topological polar surface area (TPSA) is 34.1 Å². The number of benzene rings is 1. The highest BCUT2D eigenvalue weighted by Crippen LogP contribution is 2.16. The molecule has 1 aromatic heterocycles. The molecule has 0 aliphatic carbocycles. The third-order valence-electron chi connectivity index (χ3n) is 2.82. The van der Waals surface area contributed by atoms with Crippen molar-refractivity contribution < 1.29 is 13.5 Å². The highest BCUT2D eigenvalue weighted by atomic mass is 19.1. The van der Waals surface area contributed by atoms with Gasteiger partial charge in [0.1, 0.15) is 24.0 Å². The van der Waals surface area contributed by atoms with E-state index in [2.05, 4.69) is 24.1 Å². The second-order valence-electron chi connectivity index (χ2n) is 5.09. The molecule has 112 valence electrons. The molecule has 0 aliphatic heterocycles. The molecule has 0 spiro atoms. The molecule has 0 saturated carbocycles. The first-order valence-electron chi connectivity index (χ1n) is 6.79. The van der Waals surface area contributed by atoms with E-state index in [1.54, 1.807) is 6.20 Å². The van der Waals surface area contributed by atoms with Crippen molar-refractivity contribution in [2.24, 2.45) is 0 Å². The number of nitrogens with zero attached hydrogens (tertiary/aromatic N) is 1. The van der Waals surface area contributed by atoms with Crippen LogP contribution >= 0.6 is 0 Å². The summed E-state index contributed by atoms with van der Waals surface area (Å²) in [6.07, 6.45) is 1.76. The molecule has 0 atom stereocenters. The van der Waals surface area contributed by atoms with Crippen LogP contribution < -0.4 is 10.1 Å². The Bertz CT molecular complexity index is 565. The number of hydrogen-bond donors (Lipinski definition) is 1. The molecule has 1 heterocycles. The van der Waals surface area contributed by atoms with E-state index in [1.165, 1.54) is 0 Å². The molecular formula is C16H18F2N2O. The largest absolute Gasteiger partial charge is 0.487 e. The first kappa shape index (κ1) is 15.4. The van der Waals surface area contributed by atoms with Crippen LogP contribution in [0.4, 0.5) is 8.78 Å². The van der Waals surface area contributed by atoms with E-state index in [1.807, 2.05) is 12.1 Å². The number of aromatic nitrogens is 1. The van der Waals surface area contributed by atoms with Gasteiger partial charge in [0, 0.05) is 37.0 Å². The van der Waals surface area contributed by atoms with E-state index in [0.29, 0.717) is 11.7 Å². The van der Waals surface area contributed by atoms with Crippen LogP contribution in [0.15, 0.2) is 36.5 Å². The van der Waals surface area contributed by atoms with Gasteiger partial charge >= 0.3 is 0 Å². The van der Waals surface area contributed by atoms with Gasteiger partial charge in [0.2, 0.25) is 0 Å². The summed E-state index contributed by atoms with van der Waals surface area (Å²) in [5.41, 5.74) is 1.78. The summed E-state index contributed by atoms with van der Waals surface area (Å²) in [7, 11) is 0. The standard InChI is InChI=1S/C16H18F2N2O/c1-11(2)19-8-12-3-4-15(20-9-12)10-21-16-6-13(17)5-14(18)7-16/h3-7,9,11,19H,8,10H2,1-2H3. The van der Waals surface area contributed by atoms with Crippen molar-refractivity contribution in [3.05, 3.63) is 59.4 Å². The van der Waals surface area contributed by atoms with Crippen molar-refractivity contribution in [2.45, 2.75) is 33.0 Å². The molecule has 1 aromatic carbocycles. The highest BCUT2D eigenvalue weighted by Gasteiger charge is 2.03. The van der Waals surface area contributed by atoms with Gasteiger partial charge in [-0.2, -0.15) is 0 Å². The van der Waals surface area contributed by atoms with Crippen LogP contribution in [0.2, 0.25) is 0 Å². The molecule has 21 heavy (non-hydrogen) atoms. The van der Waals surface area contributed by atoms with Crippen molar-refractivity contribution in [2.75, 3.05) is 0 Å². The number of hydrogen-bond acceptors (Lipinski definition) is 3. The van der Waals surface area contributed by atoms with E-state index < -0.39 is 11.6 Å². The van der Waals surface area contributed by atoms with Gasteiger partial charge in [-0.05, 0) is 11.6 Å². The van der Waals surface area contributed by atoms with Gasteiger partial charge < -0.3 is 10.1 Å². The van der Waals surface area contributed by atoms with Gasteiger partial charge in [-0.1, -0.05) is 19.9 Å². The quantitative estimate of drug-likeness (QED) is 0.885. The summed E-state index contributed by atoms with van der Waals surface area (Å²) >= 11 is 0. The van der Waals surface area contributed by atoms with Crippen LogP contribution in [0.1, 0.15) is 25.1 Å². The zero-order valence-electron chi connectivity index (χ0n) is 12.1. The summed E-state index contributed by atoms with van der Waals surface area (Å²) in [5, 5.41) is 3.30. The summed E-state index contributed by atoms with van der Waals surface area (Å²) in [6.45, 7) is 5.07. The van der Waals surface area contributed by atoms with Crippen LogP contribution in [-0.2, 0) is 13.2 Å². The maximum absolute atomic E-state index is 13.0. The normalized spacial score (nSPS) is 10.9. The minimum atomic E-state index is -0.659. The summed E-state index contributed by atoms with van der Waals surface area (Å²) < 4.78 is 31.4. The van der Waals surface area contributed by atoms with Gasteiger partial charge in [0.15, 0.2) is 0 Å². The Labute approximate surface area is 123 Å². The number of pyridine rings is 1. The Morgan fingerprint density at radius 1 is 1.14 bits per heavy atom. The molecule has 0 unspecified atom stereocenters. The monoisotopic (exact) mass is 292 g/mol. The number of ether oxygens (including phenoxy) is 1. The van der Waals surface area contributed by atoms with Gasteiger partial charge in [-0.15, -0.1) is 0 Å². The third kappa shape index (κ3) is 5.11. The Morgan fingerprint density at radius 3 is 2.43 bits per heavy atom. The molecule has 0 amide bonds. The van der Waals surface area contributed by atoms with E-state index in [-0.39, 0.29) is 12.4 Å². The molecule has 0 saturated heterocycles. The molecule has 3 nitrogen and oxygen atoms in total. The van der Waals surface area contributed by atoms with E-state index >= 15 is 0 Å². The van der Waals surface area contributed by atoms with Gasteiger partial charge in [-0.3, -0.25) is 4.98 Å². The third-order valence-corrected chi connectivity index (χ3v) is 2.82. The van der Waals surface area contributed by atoms with Crippen molar-refractivity contribution in [3.63, 3.8) is 0 Å². The highest BCUT2D eigenvalue weighted by molar-refractivity contribution is 5.24. The minimum Gasteiger partial charge on any atom is -0.487 e. The van der Waals surface area contributed by atoms with Crippen molar-refractivity contribution in [1.29, 1.82) is 0 Å². The molecule has 1 N–H and O–H groups in total. The lowest BCUT2D eigenvalue weighted by molar-refractivity contribution is 0.298. The Balaban J connectivity index is 1.91. The molecule has 0 bridgehead atoms. The van der Waals surface area contributed by atoms with Crippen LogP contribution in [0.25, 0.3) is 0 Å². The molecule has 0 aliphatic rings. The maximum atomic E-state index is 13.0. The zero-order chi connectivity index (χ0) is 15.2. The number of nitrogens with one attached hydrogen (secondary N) is 1. The lowest BCUT2D eigenvalue weighted by Gasteiger charge is -2.09. The average Bonchev–Trinajstić information content (AvgIpc) is 2.43. The van der Waals surface area contributed by atoms with Gasteiger partial charge in [-0.25, -0.2) is 8.78 Å². The number of halogens is 2. The molecule has 0 fully saturated rings. The predicted octanol–water partition coefficient (Wildman–Crippen LogP) is 3.44.